The molecule has 0 aliphatic heterocycles. The molecule has 3 nitrogen and oxygen atoms in total. The molecule has 0 amide bonds. The van der Waals surface area contributed by atoms with Crippen molar-refractivity contribution in [3.05, 3.63) is 123 Å². The minimum absolute atomic E-state index is 0.399. The van der Waals surface area contributed by atoms with Gasteiger partial charge in [-0.2, -0.15) is 0 Å². The Labute approximate surface area is 171 Å². The highest BCUT2D eigenvalue weighted by Gasteiger charge is 2.39. The number of halogens is 1. The van der Waals surface area contributed by atoms with Crippen molar-refractivity contribution in [3.8, 4) is 0 Å². The van der Waals surface area contributed by atoms with Crippen LogP contribution in [0.3, 0.4) is 0 Å². The number of aromatic nitrogens is 2. The van der Waals surface area contributed by atoms with Gasteiger partial charge in [-0.3, -0.25) is 4.79 Å². The third-order valence-electron chi connectivity index (χ3n) is 4.75. The lowest BCUT2D eigenvalue weighted by Gasteiger charge is -2.38. The summed E-state index contributed by atoms with van der Waals surface area (Å²) in [5.74, 6) is 0.399. The molecule has 4 rings (SSSR count). The monoisotopic (exact) mass is 464 g/mol. The van der Waals surface area contributed by atoms with Crippen LogP contribution in [0.15, 0.2) is 97.2 Å². The van der Waals surface area contributed by atoms with Gasteiger partial charge in [0.2, 0.25) is 0 Å². The Hall–Kier alpha value is -2.73. The number of hydrogen-bond donors (Lipinski definition) is 0. The van der Waals surface area contributed by atoms with Gasteiger partial charge in [0.15, 0.2) is 12.1 Å². The van der Waals surface area contributed by atoms with Crippen LogP contribution in [-0.4, -0.2) is 15.8 Å². The molecule has 0 saturated carbocycles. The molecule has 0 bridgehead atoms. The molecule has 1 aromatic heterocycles. The molecule has 0 atom stereocenters. The fourth-order valence-electron chi connectivity index (χ4n) is 3.67. The smallest absolute Gasteiger partial charge is 0.185 e. The van der Waals surface area contributed by atoms with Crippen LogP contribution in [0.25, 0.3) is 0 Å². The number of carbonyl (C=O) groups is 1. The van der Waals surface area contributed by atoms with E-state index in [-0.39, 0.29) is 0 Å². The van der Waals surface area contributed by atoms with E-state index in [1.54, 1.807) is 0 Å². The molecule has 0 radical (unpaired) electrons. The molecule has 0 spiro atoms. The molecular weight excluding hydrogens is 447 g/mol. The van der Waals surface area contributed by atoms with Crippen molar-refractivity contribution < 1.29 is 4.79 Å². The highest BCUT2D eigenvalue weighted by Crippen LogP contribution is 2.41. The predicted octanol–water partition coefficient (Wildman–Crippen LogP) is 5.14. The average molecular weight is 464 g/mol. The fourth-order valence-corrected chi connectivity index (χ4v) is 4.20. The molecule has 27 heavy (non-hydrogen) atoms. The molecule has 0 unspecified atom stereocenters. The second kappa shape index (κ2) is 7.48. The van der Waals surface area contributed by atoms with Gasteiger partial charge in [0, 0.05) is 6.20 Å². The number of aldehydes is 1. The zero-order valence-electron chi connectivity index (χ0n) is 14.5. The van der Waals surface area contributed by atoms with Crippen molar-refractivity contribution >= 4 is 28.9 Å². The summed E-state index contributed by atoms with van der Waals surface area (Å²) in [6, 6.07) is 30.8. The second-order valence-corrected chi connectivity index (χ2v) is 7.32. The minimum Gasteiger partial charge on any atom is -0.309 e. The van der Waals surface area contributed by atoms with E-state index >= 15 is 0 Å². The van der Waals surface area contributed by atoms with E-state index in [0.717, 1.165) is 26.7 Å². The first kappa shape index (κ1) is 17.7. The quantitative estimate of drug-likeness (QED) is 0.233. The summed E-state index contributed by atoms with van der Waals surface area (Å²) in [4.78, 5) is 16.3. The molecule has 0 aliphatic carbocycles. The van der Waals surface area contributed by atoms with Gasteiger partial charge in [-0.05, 0) is 39.3 Å². The summed E-state index contributed by atoms with van der Waals surface area (Å²) in [6.45, 7) is 0. The molecular formula is C23H17IN2O. The zero-order valence-corrected chi connectivity index (χ0v) is 16.7. The molecule has 132 valence electrons. The summed E-state index contributed by atoms with van der Waals surface area (Å²) < 4.78 is 2.77. The minimum atomic E-state index is -0.698. The van der Waals surface area contributed by atoms with E-state index in [1.807, 2.05) is 65.4 Å². The van der Waals surface area contributed by atoms with E-state index in [4.69, 9.17) is 0 Å². The maximum atomic E-state index is 11.9. The van der Waals surface area contributed by atoms with E-state index < -0.39 is 5.54 Å². The first-order valence-electron chi connectivity index (χ1n) is 8.64. The van der Waals surface area contributed by atoms with Gasteiger partial charge >= 0.3 is 0 Å². The molecule has 3 aromatic carbocycles. The third kappa shape index (κ3) is 3.00. The van der Waals surface area contributed by atoms with Crippen molar-refractivity contribution in [2.75, 3.05) is 0 Å². The van der Waals surface area contributed by atoms with Gasteiger partial charge in [-0.25, -0.2) is 4.98 Å². The van der Waals surface area contributed by atoms with Crippen LogP contribution in [0, 0.1) is 3.70 Å². The van der Waals surface area contributed by atoms with E-state index in [9.17, 15) is 4.79 Å². The fraction of sp³-hybridized carbons (Fsp3) is 0.0435. The second-order valence-electron chi connectivity index (χ2n) is 6.22. The number of benzene rings is 3. The van der Waals surface area contributed by atoms with Crippen LogP contribution in [-0.2, 0) is 5.54 Å². The Balaban J connectivity index is 2.18. The summed E-state index contributed by atoms with van der Waals surface area (Å²) >= 11 is 2.16. The first-order chi connectivity index (χ1) is 13.3. The van der Waals surface area contributed by atoms with Gasteiger partial charge in [-0.1, -0.05) is 91.0 Å². The summed E-state index contributed by atoms with van der Waals surface area (Å²) in [7, 11) is 0. The van der Waals surface area contributed by atoms with Crippen LogP contribution in [0.2, 0.25) is 0 Å². The Kier molecular flexibility index (Phi) is 4.90. The van der Waals surface area contributed by atoms with Crippen molar-refractivity contribution in [1.82, 2.24) is 9.55 Å². The van der Waals surface area contributed by atoms with Crippen LogP contribution >= 0.6 is 22.6 Å². The van der Waals surface area contributed by atoms with Gasteiger partial charge in [0.05, 0.1) is 0 Å². The van der Waals surface area contributed by atoms with Crippen LogP contribution in [0.5, 0.6) is 0 Å². The maximum absolute atomic E-state index is 11.9. The van der Waals surface area contributed by atoms with Crippen molar-refractivity contribution in [2.24, 2.45) is 0 Å². The Morgan fingerprint density at radius 1 is 0.741 bits per heavy atom. The third-order valence-corrected chi connectivity index (χ3v) is 5.27. The highest BCUT2D eigenvalue weighted by molar-refractivity contribution is 14.1. The average Bonchev–Trinajstić information content (AvgIpc) is 3.12. The van der Waals surface area contributed by atoms with Crippen molar-refractivity contribution in [3.63, 3.8) is 0 Å². The summed E-state index contributed by atoms with van der Waals surface area (Å²) in [6.07, 6.45) is 2.77. The zero-order chi connectivity index (χ0) is 18.7. The molecule has 0 aliphatic rings. The SMILES string of the molecule is O=Cc1nc(I)cn1C(c1ccccc1)(c1ccccc1)c1ccccc1. The normalized spacial score (nSPS) is 11.3. The van der Waals surface area contributed by atoms with Crippen molar-refractivity contribution in [1.29, 1.82) is 0 Å². The number of imidazole rings is 1. The Morgan fingerprint density at radius 2 is 1.15 bits per heavy atom. The lowest BCUT2D eigenvalue weighted by Crippen LogP contribution is -2.38. The van der Waals surface area contributed by atoms with Gasteiger partial charge in [-0.15, -0.1) is 0 Å². The highest BCUT2D eigenvalue weighted by atomic mass is 127. The van der Waals surface area contributed by atoms with Gasteiger partial charge in [0.1, 0.15) is 9.24 Å². The molecule has 4 heteroatoms. The lowest BCUT2D eigenvalue weighted by molar-refractivity contribution is 0.110. The lowest BCUT2D eigenvalue weighted by atomic mass is 9.76. The Morgan fingerprint density at radius 3 is 1.52 bits per heavy atom. The van der Waals surface area contributed by atoms with Crippen LogP contribution in [0.4, 0.5) is 0 Å². The first-order valence-corrected chi connectivity index (χ1v) is 9.72. The molecule has 0 saturated heterocycles. The molecule has 0 N–H and O–H groups in total. The van der Waals surface area contributed by atoms with Gasteiger partial charge in [0.25, 0.3) is 0 Å². The van der Waals surface area contributed by atoms with Crippen LogP contribution < -0.4 is 0 Å². The van der Waals surface area contributed by atoms with Gasteiger partial charge < -0.3 is 4.57 Å². The van der Waals surface area contributed by atoms with Crippen LogP contribution in [0.1, 0.15) is 27.3 Å². The number of carbonyl (C=O) groups excluding carboxylic acids is 1. The number of nitrogens with zero attached hydrogens (tertiary/aromatic N) is 2. The molecule has 0 fully saturated rings. The van der Waals surface area contributed by atoms with E-state index in [1.165, 1.54) is 0 Å². The molecule has 1 heterocycles. The maximum Gasteiger partial charge on any atom is 0.185 e. The number of rotatable bonds is 5. The standard InChI is InChI=1S/C23H17IN2O/c24-21-16-26(22(17-27)25-21)23(18-10-4-1-5-11-18,19-12-6-2-7-13-19)20-14-8-3-9-15-20/h1-17H. The van der Waals surface area contributed by atoms with Crippen molar-refractivity contribution in [2.45, 2.75) is 5.54 Å². The summed E-state index contributed by atoms with van der Waals surface area (Å²) in [5, 5.41) is 0. The topological polar surface area (TPSA) is 34.9 Å². The number of hydrogen-bond acceptors (Lipinski definition) is 2. The molecule has 4 aromatic rings. The largest absolute Gasteiger partial charge is 0.309 e. The van der Waals surface area contributed by atoms with E-state index in [2.05, 4.69) is 64.0 Å². The Bertz CT molecular complexity index is 947. The summed E-state index contributed by atoms with van der Waals surface area (Å²) in [5.41, 5.74) is 2.51. The van der Waals surface area contributed by atoms with E-state index in [0.29, 0.717) is 5.82 Å². The predicted molar refractivity (Wildman–Crippen MR) is 115 cm³/mol.